The summed E-state index contributed by atoms with van der Waals surface area (Å²) < 4.78 is 0. The third-order valence-electron chi connectivity index (χ3n) is 15.4. The lowest BCUT2D eigenvalue weighted by Crippen LogP contribution is -2.14. The zero-order valence-corrected chi connectivity index (χ0v) is 48.9. The quantitative estimate of drug-likeness (QED) is 0.128. The second-order valence-corrected chi connectivity index (χ2v) is 25.5. The Morgan fingerprint density at radius 2 is 0.416 bits per heavy atom. The molecule has 0 spiro atoms. The first-order valence-electron chi connectivity index (χ1n) is 27.7. The maximum atomic E-state index is 2.40. The van der Waals surface area contributed by atoms with Crippen molar-refractivity contribution in [3.63, 3.8) is 0 Å². The maximum Gasteiger partial charge on any atom is 0.0467 e. The second kappa shape index (κ2) is 21.1. The fourth-order valence-corrected chi connectivity index (χ4v) is 11.0. The van der Waals surface area contributed by atoms with Gasteiger partial charge in [-0.1, -0.05) is 174 Å². The first-order chi connectivity index (χ1) is 36.3. The van der Waals surface area contributed by atoms with Crippen molar-refractivity contribution in [1.82, 2.24) is 0 Å². The molecular weight excluding hydrogens is 931 g/mol. The van der Waals surface area contributed by atoms with Crippen LogP contribution in [0.3, 0.4) is 0 Å². The number of nitrogens with zero attached hydrogens (tertiary/aromatic N) is 3. The Hall–Kier alpha value is -7.62. The van der Waals surface area contributed by atoms with E-state index >= 15 is 0 Å². The van der Waals surface area contributed by atoms with E-state index in [1.54, 1.807) is 0 Å². The fourth-order valence-electron chi connectivity index (χ4n) is 11.0. The van der Waals surface area contributed by atoms with Gasteiger partial charge in [0.2, 0.25) is 0 Å². The summed E-state index contributed by atoms with van der Waals surface area (Å²) in [5, 5.41) is 0. The molecule has 0 aliphatic heterocycles. The van der Waals surface area contributed by atoms with Gasteiger partial charge in [-0.05, 0) is 225 Å². The van der Waals surface area contributed by atoms with Crippen LogP contribution in [0.2, 0.25) is 0 Å². The first-order valence-corrected chi connectivity index (χ1v) is 27.7. The van der Waals surface area contributed by atoms with E-state index in [1.165, 1.54) is 66.8 Å². The average Bonchev–Trinajstić information content (AvgIpc) is 3.38. The average molecular weight is 1010 g/mol. The molecule has 0 N–H and O–H groups in total. The largest absolute Gasteiger partial charge is 0.311 e. The molecule has 3 heteroatoms. The molecule has 0 radical (unpaired) electrons. The van der Waals surface area contributed by atoms with Crippen LogP contribution >= 0.6 is 0 Å². The Balaban J connectivity index is 1.03. The summed E-state index contributed by atoms with van der Waals surface area (Å²) in [7, 11) is 0. The first kappa shape index (κ1) is 54.2. The van der Waals surface area contributed by atoms with E-state index in [4.69, 9.17) is 0 Å². The standard InChI is InChI=1S/C74H81N3/c1-50-46-67(76(63-38-26-56(27-39-63)71(5,6)7)64-40-28-57(29-41-64)72(8,9)10)47-51(2)69(50)54-22-34-61(35-23-54)75(60-20-18-17-19-21-60)62-36-24-55(25-37-62)70-52(3)48-68(49-53(70)4)77(65-42-30-58(31-43-65)73(11,12)13)66-44-32-59(33-45-66)74(14,15)16/h17-49H,1-16H3. The van der Waals surface area contributed by atoms with E-state index < -0.39 is 0 Å². The van der Waals surface area contributed by atoms with Gasteiger partial charge in [-0.2, -0.15) is 0 Å². The normalized spacial score (nSPS) is 12.2. The summed E-state index contributed by atoms with van der Waals surface area (Å²) in [5.41, 5.74) is 25.7. The zero-order chi connectivity index (χ0) is 55.2. The van der Waals surface area contributed by atoms with Gasteiger partial charge >= 0.3 is 0 Å². The highest BCUT2D eigenvalue weighted by Gasteiger charge is 2.23. The molecule has 0 saturated carbocycles. The molecule has 0 aromatic heterocycles. The van der Waals surface area contributed by atoms with E-state index in [2.05, 4.69) is 326 Å². The van der Waals surface area contributed by atoms with Gasteiger partial charge in [0, 0.05) is 51.2 Å². The van der Waals surface area contributed by atoms with Gasteiger partial charge in [0.1, 0.15) is 0 Å². The SMILES string of the molecule is Cc1cc(N(c2ccc(C(C)(C)C)cc2)c2ccc(C(C)(C)C)cc2)cc(C)c1-c1ccc(N(c2ccccc2)c2ccc(-c3c(C)cc(N(c4ccc(C(C)(C)C)cc4)c4ccc(C(C)(C)C)cc4)cc3C)cc2)cc1. The van der Waals surface area contributed by atoms with E-state index in [0.717, 1.165) is 51.2 Å². The van der Waals surface area contributed by atoms with E-state index in [9.17, 15) is 0 Å². The van der Waals surface area contributed by atoms with E-state index in [1.807, 2.05) is 0 Å². The lowest BCUT2D eigenvalue weighted by Gasteiger charge is -2.29. The lowest BCUT2D eigenvalue weighted by molar-refractivity contribution is 0.590. The Morgan fingerprint density at radius 1 is 0.221 bits per heavy atom. The van der Waals surface area contributed by atoms with Crippen molar-refractivity contribution >= 4 is 51.2 Å². The van der Waals surface area contributed by atoms with Gasteiger partial charge in [0.15, 0.2) is 0 Å². The Bertz CT molecular complexity index is 3090. The Morgan fingerprint density at radius 3 is 0.636 bits per heavy atom. The molecule has 3 nitrogen and oxygen atoms in total. The molecule has 0 bridgehead atoms. The monoisotopic (exact) mass is 1010 g/mol. The minimum atomic E-state index is 0.0723. The van der Waals surface area contributed by atoms with Gasteiger partial charge in [0.05, 0.1) is 0 Å². The number of benzene rings is 9. The van der Waals surface area contributed by atoms with Gasteiger partial charge < -0.3 is 14.7 Å². The Labute approximate surface area is 462 Å². The molecule has 0 saturated heterocycles. The number of para-hydroxylation sites is 1. The number of hydrogen-bond donors (Lipinski definition) is 0. The fraction of sp³-hybridized carbons (Fsp3) is 0.270. The van der Waals surface area contributed by atoms with Crippen LogP contribution in [-0.2, 0) is 21.7 Å². The molecular formula is C74H81N3. The highest BCUT2D eigenvalue weighted by molar-refractivity contribution is 5.86. The molecule has 0 fully saturated rings. The zero-order valence-electron chi connectivity index (χ0n) is 48.9. The molecule has 0 aliphatic rings. The van der Waals surface area contributed by atoms with Crippen molar-refractivity contribution in [1.29, 1.82) is 0 Å². The molecule has 0 aliphatic carbocycles. The molecule has 0 unspecified atom stereocenters. The van der Waals surface area contributed by atoms with Crippen LogP contribution in [-0.4, -0.2) is 0 Å². The number of anilines is 9. The number of hydrogen-bond acceptors (Lipinski definition) is 3. The smallest absolute Gasteiger partial charge is 0.0467 e. The van der Waals surface area contributed by atoms with Crippen molar-refractivity contribution in [3.8, 4) is 22.3 Å². The van der Waals surface area contributed by atoms with Crippen molar-refractivity contribution in [2.45, 2.75) is 132 Å². The van der Waals surface area contributed by atoms with Gasteiger partial charge in [0.25, 0.3) is 0 Å². The van der Waals surface area contributed by atoms with Crippen LogP contribution in [0.25, 0.3) is 22.3 Å². The predicted molar refractivity (Wildman–Crippen MR) is 335 cm³/mol. The molecule has 9 aromatic carbocycles. The maximum absolute atomic E-state index is 2.40. The van der Waals surface area contributed by atoms with Crippen LogP contribution in [0.4, 0.5) is 51.2 Å². The molecule has 392 valence electrons. The molecule has 0 amide bonds. The van der Waals surface area contributed by atoms with E-state index in [0.29, 0.717) is 0 Å². The molecule has 9 rings (SSSR count). The minimum Gasteiger partial charge on any atom is -0.311 e. The van der Waals surface area contributed by atoms with Gasteiger partial charge in [-0.3, -0.25) is 0 Å². The molecule has 77 heavy (non-hydrogen) atoms. The number of rotatable bonds is 11. The molecule has 0 atom stereocenters. The topological polar surface area (TPSA) is 9.72 Å². The summed E-state index contributed by atoms with van der Waals surface area (Å²) in [6, 6.07) is 74.8. The van der Waals surface area contributed by atoms with Crippen molar-refractivity contribution < 1.29 is 0 Å². The predicted octanol–water partition coefficient (Wildman–Crippen LogP) is 21.9. The second-order valence-electron chi connectivity index (χ2n) is 25.5. The summed E-state index contributed by atoms with van der Waals surface area (Å²) in [4.78, 5) is 7.17. The lowest BCUT2D eigenvalue weighted by atomic mass is 9.86. The summed E-state index contributed by atoms with van der Waals surface area (Å²) in [6.45, 7) is 36.3. The third-order valence-corrected chi connectivity index (χ3v) is 15.4. The minimum absolute atomic E-state index is 0.0723. The van der Waals surface area contributed by atoms with Crippen LogP contribution in [0.5, 0.6) is 0 Å². The highest BCUT2D eigenvalue weighted by atomic mass is 15.2. The highest BCUT2D eigenvalue weighted by Crippen LogP contribution is 2.44. The van der Waals surface area contributed by atoms with Crippen LogP contribution in [0, 0.1) is 27.7 Å². The Kier molecular flexibility index (Phi) is 14.8. The van der Waals surface area contributed by atoms with Crippen molar-refractivity contribution in [2.24, 2.45) is 0 Å². The summed E-state index contributed by atoms with van der Waals surface area (Å²) in [6.07, 6.45) is 0. The number of aryl methyl sites for hydroxylation is 4. The van der Waals surface area contributed by atoms with Gasteiger partial charge in [-0.25, -0.2) is 0 Å². The van der Waals surface area contributed by atoms with Crippen LogP contribution in [0.15, 0.2) is 200 Å². The molecule has 9 aromatic rings. The van der Waals surface area contributed by atoms with Crippen molar-refractivity contribution in [3.05, 3.63) is 245 Å². The van der Waals surface area contributed by atoms with Gasteiger partial charge in [-0.15, -0.1) is 0 Å². The van der Waals surface area contributed by atoms with Crippen LogP contribution in [0.1, 0.15) is 128 Å². The van der Waals surface area contributed by atoms with Crippen LogP contribution < -0.4 is 14.7 Å². The summed E-state index contributed by atoms with van der Waals surface area (Å²) in [5.74, 6) is 0. The van der Waals surface area contributed by atoms with E-state index in [-0.39, 0.29) is 21.7 Å². The summed E-state index contributed by atoms with van der Waals surface area (Å²) >= 11 is 0. The third kappa shape index (κ3) is 11.7. The van der Waals surface area contributed by atoms with Crippen molar-refractivity contribution in [2.75, 3.05) is 14.7 Å². The molecule has 0 heterocycles.